The van der Waals surface area contributed by atoms with Crippen LogP contribution in [-0.2, 0) is 20.2 Å². The summed E-state index contributed by atoms with van der Waals surface area (Å²) in [6, 6.07) is 4.16. The van der Waals surface area contributed by atoms with Gasteiger partial charge in [0.25, 0.3) is 0 Å². The van der Waals surface area contributed by atoms with Crippen LogP contribution >= 0.6 is 0 Å². The van der Waals surface area contributed by atoms with Gasteiger partial charge in [-0.15, -0.1) is 10.2 Å². The zero-order valence-electron chi connectivity index (χ0n) is 14.8. The topological polar surface area (TPSA) is 71.5 Å². The minimum absolute atomic E-state index is 0.0689. The fourth-order valence-electron chi connectivity index (χ4n) is 3.74. The molecule has 3 aromatic rings. The van der Waals surface area contributed by atoms with Gasteiger partial charge < -0.3 is 14.1 Å². The fourth-order valence-corrected chi connectivity index (χ4v) is 3.74. The quantitative estimate of drug-likeness (QED) is 0.782. The van der Waals surface area contributed by atoms with Gasteiger partial charge >= 0.3 is 0 Å². The second kappa shape index (κ2) is 6.57. The van der Waals surface area contributed by atoms with E-state index in [0.29, 0.717) is 11.7 Å². The summed E-state index contributed by atoms with van der Waals surface area (Å²) in [5.41, 5.74) is 3.33. The minimum atomic E-state index is -0.0689. The third-order valence-corrected chi connectivity index (χ3v) is 5.05. The van der Waals surface area contributed by atoms with Crippen LogP contribution in [0.3, 0.4) is 0 Å². The van der Waals surface area contributed by atoms with E-state index in [1.165, 1.54) is 5.56 Å². The summed E-state index contributed by atoms with van der Waals surface area (Å²) >= 11 is 0. The van der Waals surface area contributed by atoms with Crippen molar-refractivity contribution in [3.8, 4) is 0 Å². The van der Waals surface area contributed by atoms with Crippen LogP contribution in [0.5, 0.6) is 0 Å². The van der Waals surface area contributed by atoms with Gasteiger partial charge in [-0.3, -0.25) is 4.90 Å². The molecule has 0 amide bonds. The molecule has 1 aliphatic heterocycles. The van der Waals surface area contributed by atoms with Crippen molar-refractivity contribution < 1.29 is 5.11 Å². The zero-order valence-corrected chi connectivity index (χ0v) is 14.8. The van der Waals surface area contributed by atoms with E-state index in [0.717, 1.165) is 49.6 Å². The molecule has 1 unspecified atom stereocenters. The van der Waals surface area contributed by atoms with Gasteiger partial charge in [-0.2, -0.15) is 0 Å². The average Bonchev–Trinajstić information content (AvgIpc) is 3.17. The number of rotatable bonds is 4. The second-order valence-electron chi connectivity index (χ2n) is 6.97. The lowest BCUT2D eigenvalue weighted by Crippen LogP contribution is -2.35. The summed E-state index contributed by atoms with van der Waals surface area (Å²) in [5, 5.41) is 17.7. The lowest BCUT2D eigenvalue weighted by atomic mass is 9.97. The number of pyridine rings is 1. The van der Waals surface area contributed by atoms with Crippen molar-refractivity contribution in [1.82, 2.24) is 29.0 Å². The standard InChI is InChI=1S/C18H24N6O/c1-13-5-6-16-19-15(11-24(16)8-13)10-23-7-3-4-14(9-23)18-21-20-17(12-25)22(18)2/h5-6,8,11,14,25H,3-4,7,9-10,12H2,1-2H3. The van der Waals surface area contributed by atoms with Crippen molar-refractivity contribution in [3.05, 3.63) is 47.4 Å². The largest absolute Gasteiger partial charge is 0.388 e. The van der Waals surface area contributed by atoms with Gasteiger partial charge in [-0.1, -0.05) is 6.07 Å². The van der Waals surface area contributed by atoms with Crippen LogP contribution < -0.4 is 0 Å². The highest BCUT2D eigenvalue weighted by Crippen LogP contribution is 2.26. The maximum absolute atomic E-state index is 9.32. The number of nitrogens with zero attached hydrogens (tertiary/aromatic N) is 6. The number of likely N-dealkylation sites (tertiary alicyclic amines) is 1. The normalized spacial score (nSPS) is 18.9. The van der Waals surface area contributed by atoms with E-state index in [1.807, 2.05) is 11.6 Å². The maximum Gasteiger partial charge on any atom is 0.158 e. The molecule has 132 valence electrons. The molecule has 1 atom stereocenters. The second-order valence-corrected chi connectivity index (χ2v) is 6.97. The van der Waals surface area contributed by atoms with Gasteiger partial charge in [0.1, 0.15) is 18.1 Å². The highest BCUT2D eigenvalue weighted by atomic mass is 16.3. The van der Waals surface area contributed by atoms with Gasteiger partial charge in [-0.25, -0.2) is 4.98 Å². The number of imidazole rings is 1. The molecule has 0 bridgehead atoms. The smallest absolute Gasteiger partial charge is 0.158 e. The number of hydrogen-bond donors (Lipinski definition) is 1. The Morgan fingerprint density at radius 2 is 2.12 bits per heavy atom. The monoisotopic (exact) mass is 340 g/mol. The Morgan fingerprint density at radius 1 is 1.24 bits per heavy atom. The highest BCUT2D eigenvalue weighted by molar-refractivity contribution is 5.41. The lowest BCUT2D eigenvalue weighted by molar-refractivity contribution is 0.193. The first-order valence-corrected chi connectivity index (χ1v) is 8.79. The molecule has 1 aliphatic rings. The fraction of sp³-hybridized carbons (Fsp3) is 0.500. The van der Waals surface area contributed by atoms with Crippen LogP contribution in [0, 0.1) is 6.92 Å². The van der Waals surface area contributed by atoms with Crippen LogP contribution in [0.1, 0.15) is 41.7 Å². The van der Waals surface area contributed by atoms with Crippen molar-refractivity contribution in [2.24, 2.45) is 7.05 Å². The predicted molar refractivity (Wildman–Crippen MR) is 94.1 cm³/mol. The molecule has 25 heavy (non-hydrogen) atoms. The molecule has 7 heteroatoms. The molecule has 1 N–H and O–H groups in total. The van der Waals surface area contributed by atoms with Gasteiger partial charge in [0, 0.05) is 38.4 Å². The number of hydrogen-bond acceptors (Lipinski definition) is 5. The molecule has 1 saturated heterocycles. The van der Waals surface area contributed by atoms with Crippen LogP contribution in [0.15, 0.2) is 24.5 Å². The summed E-state index contributed by atoms with van der Waals surface area (Å²) < 4.78 is 4.03. The Morgan fingerprint density at radius 3 is 2.92 bits per heavy atom. The van der Waals surface area contributed by atoms with E-state index >= 15 is 0 Å². The molecule has 3 aromatic heterocycles. The highest BCUT2D eigenvalue weighted by Gasteiger charge is 2.26. The van der Waals surface area contributed by atoms with Crippen molar-refractivity contribution >= 4 is 5.65 Å². The van der Waals surface area contributed by atoms with Crippen molar-refractivity contribution in [2.45, 2.75) is 38.8 Å². The van der Waals surface area contributed by atoms with E-state index < -0.39 is 0 Å². The molecule has 0 saturated carbocycles. The van der Waals surface area contributed by atoms with Crippen LogP contribution in [-0.4, -0.2) is 47.2 Å². The van der Waals surface area contributed by atoms with Crippen LogP contribution in [0.2, 0.25) is 0 Å². The van der Waals surface area contributed by atoms with E-state index in [-0.39, 0.29) is 6.61 Å². The average molecular weight is 340 g/mol. The Bertz CT molecular complexity index is 883. The first-order valence-electron chi connectivity index (χ1n) is 8.79. The Hall–Kier alpha value is -2.25. The first kappa shape index (κ1) is 16.2. The van der Waals surface area contributed by atoms with Crippen molar-refractivity contribution in [2.75, 3.05) is 13.1 Å². The van der Waals surface area contributed by atoms with Crippen molar-refractivity contribution in [3.63, 3.8) is 0 Å². The van der Waals surface area contributed by atoms with Gasteiger partial charge in [0.15, 0.2) is 5.82 Å². The third-order valence-electron chi connectivity index (χ3n) is 5.05. The molecular formula is C18H24N6O. The number of aliphatic hydroxyl groups excluding tert-OH is 1. The molecule has 7 nitrogen and oxygen atoms in total. The van der Waals surface area contributed by atoms with E-state index in [9.17, 15) is 5.11 Å². The molecular weight excluding hydrogens is 316 g/mol. The molecule has 0 spiro atoms. The number of aromatic nitrogens is 5. The molecule has 1 fully saturated rings. The van der Waals surface area contributed by atoms with E-state index in [2.05, 4.69) is 50.9 Å². The first-order chi connectivity index (χ1) is 12.1. The summed E-state index contributed by atoms with van der Waals surface area (Å²) in [4.78, 5) is 7.18. The van der Waals surface area contributed by atoms with Gasteiger partial charge in [0.05, 0.1) is 5.69 Å². The van der Waals surface area contributed by atoms with E-state index in [1.54, 1.807) is 0 Å². The molecule has 4 rings (SSSR count). The Labute approximate surface area is 146 Å². The van der Waals surface area contributed by atoms with E-state index in [4.69, 9.17) is 4.98 Å². The summed E-state index contributed by atoms with van der Waals surface area (Å²) in [5.74, 6) is 1.95. The zero-order chi connectivity index (χ0) is 17.4. The number of fused-ring (bicyclic) bond motifs is 1. The predicted octanol–water partition coefficient (Wildman–Crippen LogP) is 1.64. The minimum Gasteiger partial charge on any atom is -0.388 e. The molecule has 0 aliphatic carbocycles. The number of aliphatic hydroxyl groups is 1. The van der Waals surface area contributed by atoms with Crippen molar-refractivity contribution in [1.29, 1.82) is 0 Å². The Kier molecular flexibility index (Phi) is 4.27. The Balaban J connectivity index is 1.49. The summed E-state index contributed by atoms with van der Waals surface area (Å²) in [6.45, 7) is 4.90. The van der Waals surface area contributed by atoms with Crippen LogP contribution in [0.4, 0.5) is 0 Å². The molecule has 0 radical (unpaired) electrons. The lowest BCUT2D eigenvalue weighted by Gasteiger charge is -2.31. The number of piperidine rings is 1. The molecule has 0 aromatic carbocycles. The maximum atomic E-state index is 9.32. The number of aryl methyl sites for hydroxylation is 1. The molecule has 4 heterocycles. The summed E-state index contributed by atoms with van der Waals surface area (Å²) in [7, 11) is 1.93. The van der Waals surface area contributed by atoms with Gasteiger partial charge in [-0.05, 0) is 37.9 Å². The van der Waals surface area contributed by atoms with Crippen LogP contribution in [0.25, 0.3) is 5.65 Å². The summed E-state index contributed by atoms with van der Waals surface area (Å²) in [6.07, 6.45) is 6.48. The SMILES string of the molecule is Cc1ccc2nc(CN3CCCC(c4nnc(CO)n4C)C3)cn2c1. The third kappa shape index (κ3) is 3.17. The van der Waals surface area contributed by atoms with Gasteiger partial charge in [0.2, 0.25) is 0 Å².